The largest absolute Gasteiger partial charge is 0.495 e. The minimum Gasteiger partial charge on any atom is -0.495 e. The SMILES string of the molecule is COc1cc2c(cc1NC(=O)COC(=O)CC(NC(C)=O)c1cccs1)oc1ccccc12. The summed E-state index contributed by atoms with van der Waals surface area (Å²) < 4.78 is 16.4. The summed E-state index contributed by atoms with van der Waals surface area (Å²) in [6.07, 6.45) is -0.0817. The summed E-state index contributed by atoms with van der Waals surface area (Å²) in [7, 11) is 1.51. The highest BCUT2D eigenvalue weighted by atomic mass is 32.1. The zero-order chi connectivity index (χ0) is 23.4. The van der Waals surface area contributed by atoms with E-state index in [4.69, 9.17) is 13.9 Å². The number of amides is 2. The first-order valence-electron chi connectivity index (χ1n) is 10.2. The van der Waals surface area contributed by atoms with Crippen LogP contribution in [0.3, 0.4) is 0 Å². The number of rotatable bonds is 8. The zero-order valence-corrected chi connectivity index (χ0v) is 18.9. The van der Waals surface area contributed by atoms with E-state index in [1.807, 2.05) is 41.8 Å². The molecular formula is C24H22N2O6S. The number of anilines is 1. The van der Waals surface area contributed by atoms with Crippen molar-refractivity contribution in [3.8, 4) is 5.75 Å². The van der Waals surface area contributed by atoms with Gasteiger partial charge in [-0.2, -0.15) is 0 Å². The molecule has 2 aromatic carbocycles. The summed E-state index contributed by atoms with van der Waals surface area (Å²) >= 11 is 1.42. The zero-order valence-electron chi connectivity index (χ0n) is 18.0. The van der Waals surface area contributed by atoms with E-state index in [0.717, 1.165) is 21.2 Å². The van der Waals surface area contributed by atoms with E-state index in [2.05, 4.69) is 10.6 Å². The number of para-hydroxylation sites is 1. The van der Waals surface area contributed by atoms with Crippen LogP contribution in [0.1, 0.15) is 24.3 Å². The number of furan rings is 1. The number of nitrogens with one attached hydrogen (secondary N) is 2. The highest BCUT2D eigenvalue weighted by Gasteiger charge is 2.20. The van der Waals surface area contributed by atoms with Crippen molar-refractivity contribution in [2.24, 2.45) is 0 Å². The third-order valence-electron chi connectivity index (χ3n) is 4.97. The van der Waals surface area contributed by atoms with Gasteiger partial charge in [0.15, 0.2) is 6.61 Å². The maximum Gasteiger partial charge on any atom is 0.308 e. The fraction of sp³-hybridized carbons (Fsp3) is 0.208. The highest BCUT2D eigenvalue weighted by Crippen LogP contribution is 2.36. The van der Waals surface area contributed by atoms with Crippen molar-refractivity contribution in [2.75, 3.05) is 19.0 Å². The molecule has 33 heavy (non-hydrogen) atoms. The molecule has 2 heterocycles. The van der Waals surface area contributed by atoms with Gasteiger partial charge in [0.2, 0.25) is 5.91 Å². The Hall–Kier alpha value is -3.85. The topological polar surface area (TPSA) is 107 Å². The molecule has 1 unspecified atom stereocenters. The van der Waals surface area contributed by atoms with E-state index < -0.39 is 24.5 Å². The summed E-state index contributed by atoms with van der Waals surface area (Å²) in [6.45, 7) is 0.906. The molecule has 8 nitrogen and oxygen atoms in total. The second-order valence-corrected chi connectivity index (χ2v) is 8.31. The number of carbonyl (C=O) groups is 3. The summed E-state index contributed by atoms with van der Waals surface area (Å²) in [5, 5.41) is 9.09. The molecule has 0 aliphatic heterocycles. The first-order chi connectivity index (χ1) is 15.9. The van der Waals surface area contributed by atoms with Gasteiger partial charge in [0.25, 0.3) is 5.91 Å². The molecule has 2 aromatic heterocycles. The minimum atomic E-state index is -0.600. The third-order valence-corrected chi connectivity index (χ3v) is 5.96. The van der Waals surface area contributed by atoms with Crippen molar-refractivity contribution in [3.05, 3.63) is 58.8 Å². The van der Waals surface area contributed by atoms with Crippen molar-refractivity contribution in [1.82, 2.24) is 5.32 Å². The van der Waals surface area contributed by atoms with Gasteiger partial charge in [-0.1, -0.05) is 24.3 Å². The van der Waals surface area contributed by atoms with Gasteiger partial charge in [-0.3, -0.25) is 14.4 Å². The van der Waals surface area contributed by atoms with E-state index in [9.17, 15) is 14.4 Å². The molecule has 0 aliphatic rings. The van der Waals surface area contributed by atoms with E-state index in [1.54, 1.807) is 12.1 Å². The van der Waals surface area contributed by atoms with E-state index in [0.29, 0.717) is 17.0 Å². The van der Waals surface area contributed by atoms with Crippen LogP contribution in [0.5, 0.6) is 5.75 Å². The predicted octanol–water partition coefficient (Wildman–Crippen LogP) is 4.41. The van der Waals surface area contributed by atoms with Gasteiger partial charge in [0, 0.05) is 28.6 Å². The molecule has 0 saturated heterocycles. The number of ether oxygens (including phenoxy) is 2. The molecule has 9 heteroatoms. The van der Waals surface area contributed by atoms with Crippen LogP contribution in [0.4, 0.5) is 5.69 Å². The number of carbonyl (C=O) groups excluding carboxylic acids is 3. The molecule has 170 valence electrons. The van der Waals surface area contributed by atoms with Gasteiger partial charge in [0.1, 0.15) is 16.9 Å². The fourth-order valence-corrected chi connectivity index (χ4v) is 4.31. The maximum atomic E-state index is 12.4. The van der Waals surface area contributed by atoms with Crippen molar-refractivity contribution < 1.29 is 28.3 Å². The second-order valence-electron chi connectivity index (χ2n) is 7.33. The van der Waals surface area contributed by atoms with Crippen LogP contribution in [0, 0.1) is 0 Å². The average Bonchev–Trinajstić information content (AvgIpc) is 3.44. The Morgan fingerprint density at radius 2 is 1.88 bits per heavy atom. The Morgan fingerprint density at radius 3 is 2.61 bits per heavy atom. The minimum absolute atomic E-state index is 0.0817. The second kappa shape index (κ2) is 9.74. The van der Waals surface area contributed by atoms with E-state index in [-0.39, 0.29) is 12.3 Å². The lowest BCUT2D eigenvalue weighted by atomic mass is 10.1. The summed E-state index contributed by atoms with van der Waals surface area (Å²) in [6, 6.07) is 14.2. The lowest BCUT2D eigenvalue weighted by molar-refractivity contribution is -0.147. The number of hydrogen-bond donors (Lipinski definition) is 2. The van der Waals surface area contributed by atoms with E-state index >= 15 is 0 Å². The molecule has 0 bridgehead atoms. The van der Waals surface area contributed by atoms with E-state index in [1.165, 1.54) is 25.4 Å². The molecule has 2 N–H and O–H groups in total. The Labute approximate surface area is 193 Å². The lowest BCUT2D eigenvalue weighted by Crippen LogP contribution is -2.29. The summed E-state index contributed by atoms with van der Waals surface area (Å²) in [5.41, 5.74) is 1.73. The number of methoxy groups -OCH3 is 1. The summed E-state index contributed by atoms with van der Waals surface area (Å²) in [4.78, 5) is 37.0. The molecular weight excluding hydrogens is 444 g/mol. The third kappa shape index (κ3) is 5.15. The molecule has 0 spiro atoms. The molecule has 0 radical (unpaired) electrons. The van der Waals surface area contributed by atoms with Crippen molar-refractivity contribution in [2.45, 2.75) is 19.4 Å². The average molecular weight is 467 g/mol. The molecule has 0 fully saturated rings. The first-order valence-corrected chi connectivity index (χ1v) is 11.1. The fourth-order valence-electron chi connectivity index (χ4n) is 3.53. The van der Waals surface area contributed by atoms with Crippen LogP contribution in [-0.4, -0.2) is 31.5 Å². The van der Waals surface area contributed by atoms with Crippen molar-refractivity contribution in [1.29, 1.82) is 0 Å². The molecule has 1 atom stereocenters. The van der Waals surface area contributed by atoms with Gasteiger partial charge in [-0.25, -0.2) is 0 Å². The molecule has 4 aromatic rings. The Morgan fingerprint density at radius 1 is 1.06 bits per heavy atom. The van der Waals surface area contributed by atoms with Crippen LogP contribution < -0.4 is 15.4 Å². The van der Waals surface area contributed by atoms with Gasteiger partial charge in [0.05, 0.1) is 25.3 Å². The van der Waals surface area contributed by atoms with Crippen LogP contribution in [0.2, 0.25) is 0 Å². The number of benzene rings is 2. The Bertz CT molecular complexity index is 1310. The van der Waals surface area contributed by atoms with Gasteiger partial charge < -0.3 is 24.5 Å². The van der Waals surface area contributed by atoms with Crippen molar-refractivity contribution in [3.63, 3.8) is 0 Å². The Kier molecular flexibility index (Phi) is 6.60. The van der Waals surface area contributed by atoms with Gasteiger partial charge in [-0.15, -0.1) is 11.3 Å². The van der Waals surface area contributed by atoms with Gasteiger partial charge >= 0.3 is 5.97 Å². The number of thiophene rings is 1. The van der Waals surface area contributed by atoms with Gasteiger partial charge in [-0.05, 0) is 23.6 Å². The van der Waals surface area contributed by atoms with Crippen LogP contribution in [0.25, 0.3) is 21.9 Å². The highest BCUT2D eigenvalue weighted by molar-refractivity contribution is 7.10. The van der Waals surface area contributed by atoms with Crippen LogP contribution in [0.15, 0.2) is 58.3 Å². The molecule has 0 saturated carbocycles. The van der Waals surface area contributed by atoms with Crippen molar-refractivity contribution >= 4 is 56.7 Å². The van der Waals surface area contributed by atoms with Crippen LogP contribution in [-0.2, 0) is 19.1 Å². The molecule has 2 amide bonds. The smallest absolute Gasteiger partial charge is 0.308 e. The van der Waals surface area contributed by atoms with Crippen LogP contribution >= 0.6 is 11.3 Å². The summed E-state index contributed by atoms with van der Waals surface area (Å²) in [5.74, 6) is -0.925. The predicted molar refractivity (Wildman–Crippen MR) is 125 cm³/mol. The Balaban J connectivity index is 1.41. The quantitative estimate of drug-likeness (QED) is 0.373. The standard InChI is InChI=1S/C24H22N2O6S/c1-14(27)25-18(22-8-5-9-33-22)12-24(29)31-13-23(28)26-17-11-20-16(10-21(17)30-2)15-6-3-4-7-19(15)32-20/h3-11,18H,12-13H2,1-2H3,(H,25,27)(H,26,28). The number of fused-ring (bicyclic) bond motifs is 3. The number of hydrogen-bond acceptors (Lipinski definition) is 7. The normalized spacial score (nSPS) is 11.8. The molecule has 4 rings (SSSR count). The lowest BCUT2D eigenvalue weighted by Gasteiger charge is -2.16. The monoisotopic (exact) mass is 466 g/mol. The maximum absolute atomic E-state index is 12.4. The number of esters is 1. The molecule has 0 aliphatic carbocycles. The first kappa shape index (κ1) is 22.3.